The van der Waals surface area contributed by atoms with E-state index in [9.17, 15) is 9.18 Å². The van der Waals surface area contributed by atoms with Crippen LogP contribution in [0, 0.1) is 19.7 Å². The molecule has 1 amide bonds. The fourth-order valence-electron chi connectivity index (χ4n) is 3.11. The first-order valence-corrected chi connectivity index (χ1v) is 9.82. The maximum atomic E-state index is 13.6. The van der Waals surface area contributed by atoms with Crippen LogP contribution in [-0.2, 0) is 6.54 Å². The fraction of sp³-hybridized carbons (Fsp3) is 0.130. The van der Waals surface area contributed by atoms with E-state index in [-0.39, 0.29) is 11.7 Å². The van der Waals surface area contributed by atoms with Crippen LogP contribution >= 0.6 is 11.3 Å². The van der Waals surface area contributed by atoms with Gasteiger partial charge in [0.05, 0.1) is 16.8 Å². The van der Waals surface area contributed by atoms with Crippen molar-refractivity contribution in [1.82, 2.24) is 4.98 Å². The van der Waals surface area contributed by atoms with Crippen molar-refractivity contribution in [3.63, 3.8) is 0 Å². The molecule has 140 valence electrons. The van der Waals surface area contributed by atoms with Crippen molar-refractivity contribution in [2.24, 2.45) is 0 Å². The quantitative estimate of drug-likeness (QED) is 0.435. The molecule has 3 nitrogen and oxygen atoms in total. The number of aromatic nitrogens is 1. The molecule has 4 rings (SSSR count). The Balaban J connectivity index is 1.80. The molecular weight excluding hydrogens is 371 g/mol. The van der Waals surface area contributed by atoms with Crippen LogP contribution < -0.4 is 4.90 Å². The largest absolute Gasteiger partial charge is 0.279 e. The summed E-state index contributed by atoms with van der Waals surface area (Å²) in [5.41, 5.74) is 4.29. The Morgan fingerprint density at radius 3 is 2.61 bits per heavy atom. The molecule has 0 aliphatic rings. The number of nitrogens with zero attached hydrogens (tertiary/aromatic N) is 2. The number of halogens is 1. The molecule has 0 N–H and O–H groups in total. The minimum atomic E-state index is -0.307. The molecule has 1 aromatic heterocycles. The molecular formula is C23H19FN2OS. The van der Waals surface area contributed by atoms with Crippen LogP contribution in [0.25, 0.3) is 10.2 Å². The number of hydrogen-bond donors (Lipinski definition) is 0. The molecule has 0 aliphatic carbocycles. The van der Waals surface area contributed by atoms with Crippen LogP contribution in [0.2, 0.25) is 0 Å². The topological polar surface area (TPSA) is 33.2 Å². The Labute approximate surface area is 167 Å². The van der Waals surface area contributed by atoms with Crippen LogP contribution in [0.1, 0.15) is 27.0 Å². The highest BCUT2D eigenvalue weighted by atomic mass is 32.1. The van der Waals surface area contributed by atoms with Crippen LogP contribution in [-0.4, -0.2) is 10.9 Å². The summed E-state index contributed by atoms with van der Waals surface area (Å²) >= 11 is 1.33. The van der Waals surface area contributed by atoms with Gasteiger partial charge in [-0.15, -0.1) is 0 Å². The second-order valence-electron chi connectivity index (χ2n) is 6.80. The molecule has 3 aromatic carbocycles. The molecule has 4 aromatic rings. The minimum absolute atomic E-state index is 0.107. The number of thiazole rings is 1. The molecule has 0 aliphatic heterocycles. The number of aryl methyl sites for hydroxylation is 2. The highest BCUT2D eigenvalue weighted by Crippen LogP contribution is 2.31. The van der Waals surface area contributed by atoms with Gasteiger partial charge in [0.2, 0.25) is 0 Å². The van der Waals surface area contributed by atoms with Crippen molar-refractivity contribution in [2.75, 3.05) is 4.90 Å². The smallest absolute Gasteiger partial charge is 0.260 e. The molecule has 0 unspecified atom stereocenters. The third-order valence-corrected chi connectivity index (χ3v) is 5.66. The molecule has 1 heterocycles. The van der Waals surface area contributed by atoms with Gasteiger partial charge in [0, 0.05) is 5.56 Å². The number of benzene rings is 3. The Kier molecular flexibility index (Phi) is 4.92. The van der Waals surface area contributed by atoms with Gasteiger partial charge >= 0.3 is 0 Å². The van der Waals surface area contributed by atoms with E-state index in [4.69, 9.17) is 0 Å². The van der Waals surface area contributed by atoms with Gasteiger partial charge in [-0.3, -0.25) is 9.69 Å². The van der Waals surface area contributed by atoms with Crippen molar-refractivity contribution in [3.8, 4) is 0 Å². The zero-order valence-electron chi connectivity index (χ0n) is 15.6. The summed E-state index contributed by atoms with van der Waals surface area (Å²) in [7, 11) is 0. The van der Waals surface area contributed by atoms with Gasteiger partial charge in [-0.1, -0.05) is 59.4 Å². The Hall–Kier alpha value is -3.05. The van der Waals surface area contributed by atoms with Crippen molar-refractivity contribution in [3.05, 3.63) is 94.8 Å². The van der Waals surface area contributed by atoms with Crippen LogP contribution in [0.4, 0.5) is 9.52 Å². The number of anilines is 1. The lowest BCUT2D eigenvalue weighted by atomic mass is 10.0. The Morgan fingerprint density at radius 1 is 1.04 bits per heavy atom. The summed E-state index contributed by atoms with van der Waals surface area (Å²) in [6.07, 6.45) is 0. The number of carbonyl (C=O) groups is 1. The van der Waals surface area contributed by atoms with Gasteiger partial charge in [-0.25, -0.2) is 9.37 Å². The van der Waals surface area contributed by atoms with Crippen molar-refractivity contribution < 1.29 is 9.18 Å². The summed E-state index contributed by atoms with van der Waals surface area (Å²) < 4.78 is 14.3. The standard InChI is InChI=1S/C23H19FN2OS/c1-15-8-9-16(2)19(12-15)22(27)26(14-17-6-4-3-5-7-17)23-25-20-11-10-18(24)13-21(20)28-23/h3-13H,14H2,1-2H3. The van der Waals surface area contributed by atoms with Gasteiger partial charge in [0.1, 0.15) is 5.82 Å². The molecule has 5 heteroatoms. The Morgan fingerprint density at radius 2 is 1.82 bits per heavy atom. The van der Waals surface area contributed by atoms with Crippen molar-refractivity contribution in [1.29, 1.82) is 0 Å². The summed E-state index contributed by atoms with van der Waals surface area (Å²) in [6.45, 7) is 4.30. The van der Waals surface area contributed by atoms with Gasteiger partial charge in [-0.05, 0) is 49.2 Å². The van der Waals surface area contributed by atoms with E-state index >= 15 is 0 Å². The SMILES string of the molecule is Cc1ccc(C)c(C(=O)N(Cc2ccccc2)c2nc3ccc(F)cc3s2)c1. The first kappa shape index (κ1) is 18.3. The maximum absolute atomic E-state index is 13.6. The van der Waals surface area contributed by atoms with Crippen LogP contribution in [0.15, 0.2) is 66.7 Å². The molecule has 0 bridgehead atoms. The Bertz CT molecular complexity index is 1150. The van der Waals surface area contributed by atoms with Gasteiger partial charge in [-0.2, -0.15) is 0 Å². The van der Waals surface area contributed by atoms with E-state index in [1.54, 1.807) is 11.0 Å². The number of carbonyl (C=O) groups excluding carboxylic acids is 1. The van der Waals surface area contributed by atoms with E-state index < -0.39 is 0 Å². The number of fused-ring (bicyclic) bond motifs is 1. The highest BCUT2D eigenvalue weighted by Gasteiger charge is 2.23. The first-order valence-electron chi connectivity index (χ1n) is 9.00. The monoisotopic (exact) mass is 390 g/mol. The average molecular weight is 390 g/mol. The third kappa shape index (κ3) is 3.66. The van der Waals surface area contributed by atoms with Crippen molar-refractivity contribution >= 4 is 32.6 Å². The summed E-state index contributed by atoms with van der Waals surface area (Å²) in [5, 5.41) is 0.565. The van der Waals surface area contributed by atoms with Crippen LogP contribution in [0.5, 0.6) is 0 Å². The van der Waals surface area contributed by atoms with E-state index in [1.807, 2.05) is 62.4 Å². The number of amides is 1. The molecule has 0 fully saturated rings. The predicted molar refractivity (Wildman–Crippen MR) is 112 cm³/mol. The number of rotatable bonds is 4. The predicted octanol–water partition coefficient (Wildman–Crippen LogP) is 5.90. The van der Waals surface area contributed by atoms with E-state index in [2.05, 4.69) is 4.98 Å². The summed E-state index contributed by atoms with van der Waals surface area (Å²) in [5.74, 6) is -0.414. The minimum Gasteiger partial charge on any atom is -0.279 e. The molecule has 0 spiro atoms. The molecule has 0 radical (unpaired) electrons. The third-order valence-electron chi connectivity index (χ3n) is 4.62. The maximum Gasteiger partial charge on any atom is 0.260 e. The average Bonchev–Trinajstić information content (AvgIpc) is 3.11. The van der Waals surface area contributed by atoms with Gasteiger partial charge < -0.3 is 0 Å². The van der Waals surface area contributed by atoms with Crippen LogP contribution in [0.3, 0.4) is 0 Å². The first-order chi connectivity index (χ1) is 13.5. The highest BCUT2D eigenvalue weighted by molar-refractivity contribution is 7.22. The van der Waals surface area contributed by atoms with Crippen molar-refractivity contribution in [2.45, 2.75) is 20.4 Å². The lowest BCUT2D eigenvalue weighted by Gasteiger charge is -2.21. The molecule has 0 saturated carbocycles. The second kappa shape index (κ2) is 7.52. The lowest BCUT2D eigenvalue weighted by Crippen LogP contribution is -2.31. The molecule has 0 saturated heterocycles. The number of hydrogen-bond acceptors (Lipinski definition) is 3. The summed E-state index contributed by atoms with van der Waals surface area (Å²) in [6, 6.07) is 20.2. The van der Waals surface area contributed by atoms with E-state index in [0.29, 0.717) is 22.8 Å². The van der Waals surface area contributed by atoms with E-state index in [1.165, 1.54) is 23.5 Å². The normalized spacial score (nSPS) is 11.0. The molecule has 28 heavy (non-hydrogen) atoms. The summed E-state index contributed by atoms with van der Waals surface area (Å²) in [4.78, 5) is 19.8. The molecule has 0 atom stereocenters. The zero-order chi connectivity index (χ0) is 19.7. The van der Waals surface area contributed by atoms with Gasteiger partial charge in [0.15, 0.2) is 5.13 Å². The lowest BCUT2D eigenvalue weighted by molar-refractivity contribution is 0.0984. The van der Waals surface area contributed by atoms with Gasteiger partial charge in [0.25, 0.3) is 5.91 Å². The van der Waals surface area contributed by atoms with E-state index in [0.717, 1.165) is 21.4 Å². The second-order valence-corrected chi connectivity index (χ2v) is 7.81. The fourth-order valence-corrected chi connectivity index (χ4v) is 4.09. The zero-order valence-corrected chi connectivity index (χ0v) is 16.5.